The molecule has 0 spiro atoms. The third kappa shape index (κ3) is 1.57. The maximum absolute atomic E-state index is 4.54. The number of nitrogens with zero attached hydrogens (tertiary/aromatic N) is 3. The maximum atomic E-state index is 4.54. The normalized spacial score (nSPS) is 10.8. The fourth-order valence-electron chi connectivity index (χ4n) is 1.52. The first-order valence-electron chi connectivity index (χ1n) is 4.97. The Labute approximate surface area is 96.8 Å². The number of aryl methyl sites for hydroxylation is 1. The van der Waals surface area contributed by atoms with Crippen LogP contribution in [0.25, 0.3) is 20.9 Å². The zero-order valence-electron chi connectivity index (χ0n) is 8.71. The van der Waals surface area contributed by atoms with Crippen LogP contribution in [0.1, 0.15) is 5.69 Å². The lowest BCUT2D eigenvalue weighted by atomic mass is 10.3. The molecule has 3 aromatic rings. The molecule has 16 heavy (non-hydrogen) atoms. The van der Waals surface area contributed by atoms with Crippen LogP contribution in [0.3, 0.4) is 0 Å². The van der Waals surface area contributed by atoms with Crippen LogP contribution >= 0.6 is 11.3 Å². The quantitative estimate of drug-likeness (QED) is 0.641. The summed E-state index contributed by atoms with van der Waals surface area (Å²) in [5.74, 6) is 0. The van der Waals surface area contributed by atoms with Crippen molar-refractivity contribution in [3.8, 4) is 10.6 Å². The van der Waals surface area contributed by atoms with E-state index >= 15 is 0 Å². The van der Waals surface area contributed by atoms with E-state index in [0.29, 0.717) is 0 Å². The van der Waals surface area contributed by atoms with Crippen LogP contribution in [0, 0.1) is 6.92 Å². The van der Waals surface area contributed by atoms with Crippen molar-refractivity contribution in [2.24, 2.45) is 0 Å². The molecule has 3 nitrogen and oxygen atoms in total. The Hall–Kier alpha value is -1.81. The van der Waals surface area contributed by atoms with E-state index in [4.69, 9.17) is 0 Å². The molecule has 78 valence electrons. The number of aromatic nitrogens is 3. The molecule has 0 fully saturated rings. The third-order valence-corrected chi connectivity index (χ3v) is 3.32. The number of thiazole rings is 1. The minimum Gasteiger partial charge on any atom is -0.264 e. The molecule has 0 aliphatic carbocycles. The summed E-state index contributed by atoms with van der Waals surface area (Å²) in [6.45, 7) is 1.99. The highest BCUT2D eigenvalue weighted by Crippen LogP contribution is 2.28. The summed E-state index contributed by atoms with van der Waals surface area (Å²) in [5, 5.41) is 0.973. The van der Waals surface area contributed by atoms with E-state index in [1.165, 1.54) is 0 Å². The number of rotatable bonds is 1. The van der Waals surface area contributed by atoms with Gasteiger partial charge in [-0.15, -0.1) is 0 Å². The van der Waals surface area contributed by atoms with Gasteiger partial charge < -0.3 is 0 Å². The molecule has 4 heteroatoms. The average Bonchev–Trinajstić information content (AvgIpc) is 2.73. The van der Waals surface area contributed by atoms with Crippen molar-refractivity contribution in [3.05, 3.63) is 42.4 Å². The van der Waals surface area contributed by atoms with Crippen molar-refractivity contribution in [1.82, 2.24) is 15.0 Å². The van der Waals surface area contributed by atoms with Crippen molar-refractivity contribution >= 4 is 21.7 Å². The van der Waals surface area contributed by atoms with Gasteiger partial charge in [0, 0.05) is 23.7 Å². The Morgan fingerprint density at radius 1 is 1.12 bits per heavy atom. The summed E-state index contributed by atoms with van der Waals surface area (Å²) in [4.78, 5) is 14.1. The number of pyridine rings is 2. The molecule has 3 heterocycles. The molecular formula is C12H9N3S. The molecule has 0 radical (unpaired) electrons. The first-order chi connectivity index (χ1) is 7.83. The second kappa shape index (κ2) is 3.64. The summed E-state index contributed by atoms with van der Waals surface area (Å²) >= 11 is 1.60. The molecule has 0 N–H and O–H groups in total. The lowest BCUT2D eigenvalue weighted by Crippen LogP contribution is -1.78. The number of fused-ring (bicyclic) bond motifs is 1. The fraction of sp³-hybridized carbons (Fsp3) is 0.0833. The monoisotopic (exact) mass is 227 g/mol. The topological polar surface area (TPSA) is 38.7 Å². The summed E-state index contributed by atoms with van der Waals surface area (Å²) < 4.78 is 0. The van der Waals surface area contributed by atoms with Crippen molar-refractivity contribution in [2.75, 3.05) is 0 Å². The van der Waals surface area contributed by atoms with Crippen molar-refractivity contribution < 1.29 is 0 Å². The summed E-state index contributed by atoms with van der Waals surface area (Å²) in [6, 6.07) is 7.92. The molecule has 0 saturated carbocycles. The molecule has 0 atom stereocenters. The molecule has 3 aromatic heterocycles. The van der Waals surface area contributed by atoms with Crippen LogP contribution in [0.15, 0.2) is 36.7 Å². The molecule has 0 aliphatic rings. The average molecular weight is 227 g/mol. The van der Waals surface area contributed by atoms with Gasteiger partial charge in [-0.05, 0) is 31.2 Å². The van der Waals surface area contributed by atoms with E-state index in [-0.39, 0.29) is 0 Å². The van der Waals surface area contributed by atoms with Gasteiger partial charge in [0.25, 0.3) is 0 Å². The zero-order valence-corrected chi connectivity index (χ0v) is 9.53. The second-order valence-corrected chi connectivity index (χ2v) is 4.52. The highest BCUT2D eigenvalue weighted by Gasteiger charge is 2.06. The Bertz CT molecular complexity index is 631. The van der Waals surface area contributed by atoms with Crippen LogP contribution in [-0.2, 0) is 0 Å². The van der Waals surface area contributed by atoms with Gasteiger partial charge in [-0.25, -0.2) is 9.97 Å². The largest absolute Gasteiger partial charge is 0.264 e. The van der Waals surface area contributed by atoms with Crippen molar-refractivity contribution in [3.63, 3.8) is 0 Å². The van der Waals surface area contributed by atoms with Gasteiger partial charge in [0.15, 0.2) is 0 Å². The zero-order chi connectivity index (χ0) is 11.0. The smallest absolute Gasteiger partial charge is 0.144 e. The Morgan fingerprint density at radius 2 is 2.06 bits per heavy atom. The number of hydrogen-bond donors (Lipinski definition) is 0. The maximum Gasteiger partial charge on any atom is 0.144 e. The summed E-state index contributed by atoms with van der Waals surface area (Å²) in [6.07, 6.45) is 3.59. The lowest BCUT2D eigenvalue weighted by molar-refractivity contribution is 1.26. The van der Waals surface area contributed by atoms with E-state index in [0.717, 1.165) is 26.6 Å². The van der Waals surface area contributed by atoms with Crippen molar-refractivity contribution in [1.29, 1.82) is 0 Å². The van der Waals surface area contributed by atoms with Gasteiger partial charge in [-0.2, -0.15) is 0 Å². The molecule has 0 bridgehead atoms. The molecule has 3 rings (SSSR count). The van der Waals surface area contributed by atoms with E-state index < -0.39 is 0 Å². The summed E-state index contributed by atoms with van der Waals surface area (Å²) in [5.41, 5.74) is 3.02. The molecule has 0 unspecified atom stereocenters. The van der Waals surface area contributed by atoms with E-state index in [2.05, 4.69) is 15.0 Å². The van der Waals surface area contributed by atoms with E-state index in [9.17, 15) is 0 Å². The van der Waals surface area contributed by atoms with E-state index in [1.54, 1.807) is 17.5 Å². The predicted octanol–water partition coefficient (Wildman–Crippen LogP) is 3.06. The van der Waals surface area contributed by atoms with Gasteiger partial charge in [0.05, 0.1) is 0 Å². The molecule has 0 aromatic carbocycles. The van der Waals surface area contributed by atoms with Crippen LogP contribution < -0.4 is 0 Å². The summed E-state index contributed by atoms with van der Waals surface area (Å²) in [7, 11) is 0. The molecule has 0 amide bonds. The van der Waals surface area contributed by atoms with Gasteiger partial charge in [-0.3, -0.25) is 4.98 Å². The van der Waals surface area contributed by atoms with Gasteiger partial charge in [0.2, 0.25) is 0 Å². The lowest BCUT2D eigenvalue weighted by Gasteiger charge is -1.91. The van der Waals surface area contributed by atoms with Gasteiger partial charge >= 0.3 is 0 Å². The van der Waals surface area contributed by atoms with Gasteiger partial charge in [0.1, 0.15) is 15.4 Å². The fourth-order valence-corrected chi connectivity index (χ4v) is 2.50. The minimum absolute atomic E-state index is 0.953. The van der Waals surface area contributed by atoms with Gasteiger partial charge in [-0.1, -0.05) is 11.3 Å². The molecular weight excluding hydrogens is 218 g/mol. The van der Waals surface area contributed by atoms with E-state index in [1.807, 2.05) is 37.4 Å². The predicted molar refractivity (Wildman–Crippen MR) is 65.4 cm³/mol. The SMILES string of the molecule is Cc1ccc2nc(-c3cccnc3)sc2n1. The third-order valence-electron chi connectivity index (χ3n) is 2.30. The van der Waals surface area contributed by atoms with Crippen LogP contribution in [-0.4, -0.2) is 15.0 Å². The Balaban J connectivity index is 2.19. The Morgan fingerprint density at radius 3 is 2.88 bits per heavy atom. The Kier molecular flexibility index (Phi) is 2.15. The van der Waals surface area contributed by atoms with Crippen LogP contribution in [0.2, 0.25) is 0 Å². The van der Waals surface area contributed by atoms with Crippen molar-refractivity contribution in [2.45, 2.75) is 6.92 Å². The highest BCUT2D eigenvalue weighted by molar-refractivity contribution is 7.21. The second-order valence-electron chi connectivity index (χ2n) is 3.54. The highest BCUT2D eigenvalue weighted by atomic mass is 32.1. The minimum atomic E-state index is 0.953. The molecule has 0 saturated heterocycles. The first kappa shape index (κ1) is 9.42. The van der Waals surface area contributed by atoms with Crippen LogP contribution in [0.5, 0.6) is 0 Å². The molecule has 0 aliphatic heterocycles. The standard InChI is InChI=1S/C12H9N3S/c1-8-4-5-10-12(14-8)16-11(15-10)9-3-2-6-13-7-9/h2-7H,1H3. The number of hydrogen-bond acceptors (Lipinski definition) is 4. The van der Waals surface area contributed by atoms with Crippen LogP contribution in [0.4, 0.5) is 0 Å². The first-order valence-corrected chi connectivity index (χ1v) is 5.79.